The Kier molecular flexibility index (Phi) is 8.50. The molecule has 0 radical (unpaired) electrons. The maximum absolute atomic E-state index is 10.4. The van der Waals surface area contributed by atoms with Gasteiger partial charge in [-0.15, -0.1) is 0 Å². The van der Waals surface area contributed by atoms with Gasteiger partial charge in [0.2, 0.25) is 5.75 Å². The number of methoxy groups -OCH3 is 3. The molecule has 1 aromatic carbocycles. The van der Waals surface area contributed by atoms with Crippen molar-refractivity contribution in [2.75, 3.05) is 34.9 Å². The molecule has 7 heteroatoms. The van der Waals surface area contributed by atoms with E-state index in [0.29, 0.717) is 28.8 Å². The highest BCUT2D eigenvalue weighted by molar-refractivity contribution is 7.80. The Morgan fingerprint density at radius 1 is 1.13 bits per heavy atom. The van der Waals surface area contributed by atoms with E-state index in [2.05, 4.69) is 10.6 Å². The quantitative estimate of drug-likeness (QED) is 0.468. The smallest absolute Gasteiger partial charge is 0.203 e. The molecular weight excluding hydrogens is 316 g/mol. The fourth-order valence-corrected chi connectivity index (χ4v) is 2.32. The first kappa shape index (κ1) is 19.3. The SMILES string of the molecule is CNC(=S)NCCCCC(O)c1cc(OC)c(OC)c(OC)c1. The maximum Gasteiger partial charge on any atom is 0.203 e. The Balaban J connectivity index is 2.62. The number of thiocarbonyl (C=S) groups is 1. The van der Waals surface area contributed by atoms with Crippen LogP contribution in [0.2, 0.25) is 0 Å². The average molecular weight is 342 g/mol. The molecule has 1 atom stereocenters. The Labute approximate surface area is 143 Å². The van der Waals surface area contributed by atoms with Gasteiger partial charge >= 0.3 is 0 Å². The first-order chi connectivity index (χ1) is 11.1. The Bertz CT molecular complexity index is 486. The predicted octanol–water partition coefficient (Wildman–Crippen LogP) is 2.01. The second kappa shape index (κ2) is 10.1. The molecule has 0 aliphatic carbocycles. The van der Waals surface area contributed by atoms with Gasteiger partial charge in [-0.3, -0.25) is 0 Å². The average Bonchev–Trinajstić information content (AvgIpc) is 2.59. The lowest BCUT2D eigenvalue weighted by atomic mass is 10.0. The molecule has 0 aliphatic heterocycles. The second-order valence-electron chi connectivity index (χ2n) is 4.98. The lowest BCUT2D eigenvalue weighted by Gasteiger charge is -2.17. The third-order valence-electron chi connectivity index (χ3n) is 3.49. The Morgan fingerprint density at radius 3 is 2.22 bits per heavy atom. The van der Waals surface area contributed by atoms with Gasteiger partial charge in [-0.25, -0.2) is 0 Å². The number of hydrogen-bond donors (Lipinski definition) is 3. The zero-order chi connectivity index (χ0) is 17.2. The molecule has 0 saturated carbocycles. The van der Waals surface area contributed by atoms with Gasteiger partial charge in [-0.2, -0.15) is 0 Å². The van der Waals surface area contributed by atoms with E-state index in [-0.39, 0.29) is 0 Å². The summed E-state index contributed by atoms with van der Waals surface area (Å²) in [6.45, 7) is 0.779. The highest BCUT2D eigenvalue weighted by Gasteiger charge is 2.17. The minimum Gasteiger partial charge on any atom is -0.493 e. The van der Waals surface area contributed by atoms with E-state index in [1.165, 1.54) is 0 Å². The lowest BCUT2D eigenvalue weighted by molar-refractivity contribution is 0.162. The van der Waals surface area contributed by atoms with Gasteiger partial charge in [-0.05, 0) is 49.2 Å². The summed E-state index contributed by atoms with van der Waals surface area (Å²) in [7, 11) is 6.45. The minimum absolute atomic E-state index is 0.524. The number of nitrogens with one attached hydrogen (secondary N) is 2. The van der Waals surface area contributed by atoms with Crippen LogP contribution in [-0.2, 0) is 0 Å². The molecule has 0 bridgehead atoms. The zero-order valence-electron chi connectivity index (χ0n) is 14.1. The van der Waals surface area contributed by atoms with Crippen molar-refractivity contribution in [2.24, 2.45) is 0 Å². The van der Waals surface area contributed by atoms with Gasteiger partial charge in [0.05, 0.1) is 27.4 Å². The van der Waals surface area contributed by atoms with Gasteiger partial charge in [0, 0.05) is 13.6 Å². The monoisotopic (exact) mass is 342 g/mol. The standard InChI is InChI=1S/C16H26N2O4S/c1-17-16(23)18-8-6-5-7-12(19)11-9-13(20-2)15(22-4)14(10-11)21-3/h9-10,12,19H,5-8H2,1-4H3,(H2,17,18,23). The number of aliphatic hydroxyl groups excluding tert-OH is 1. The summed E-state index contributed by atoms with van der Waals surface area (Å²) in [6.07, 6.45) is 1.85. The van der Waals surface area contributed by atoms with Gasteiger partial charge in [0.15, 0.2) is 16.6 Å². The highest BCUT2D eigenvalue weighted by atomic mass is 32.1. The summed E-state index contributed by atoms with van der Waals surface area (Å²) in [5.41, 5.74) is 0.748. The summed E-state index contributed by atoms with van der Waals surface area (Å²) < 4.78 is 15.9. The van der Waals surface area contributed by atoms with E-state index in [1.807, 2.05) is 0 Å². The van der Waals surface area contributed by atoms with E-state index in [9.17, 15) is 5.11 Å². The van der Waals surface area contributed by atoms with Crippen LogP contribution in [-0.4, -0.2) is 45.1 Å². The molecule has 1 unspecified atom stereocenters. The summed E-state index contributed by atoms with van der Waals surface area (Å²) in [6, 6.07) is 3.56. The third kappa shape index (κ3) is 5.76. The van der Waals surface area contributed by atoms with Crippen LogP contribution in [0.25, 0.3) is 0 Å². The van der Waals surface area contributed by atoms with Crippen molar-refractivity contribution < 1.29 is 19.3 Å². The summed E-state index contributed by atoms with van der Waals surface area (Å²) in [4.78, 5) is 0. The molecule has 0 fully saturated rings. The Hall–Kier alpha value is -1.73. The molecule has 0 aliphatic rings. The van der Waals surface area contributed by atoms with Crippen LogP contribution < -0.4 is 24.8 Å². The van der Waals surface area contributed by atoms with Crippen LogP contribution in [0.5, 0.6) is 17.2 Å². The molecule has 0 spiro atoms. The number of ether oxygens (including phenoxy) is 3. The van der Waals surface area contributed by atoms with E-state index in [1.54, 1.807) is 40.5 Å². The van der Waals surface area contributed by atoms with Crippen LogP contribution in [0, 0.1) is 0 Å². The molecule has 1 rings (SSSR count). The molecule has 3 N–H and O–H groups in total. The van der Waals surface area contributed by atoms with Gasteiger partial charge in [-0.1, -0.05) is 0 Å². The molecule has 0 heterocycles. The number of benzene rings is 1. The van der Waals surface area contributed by atoms with E-state index >= 15 is 0 Å². The van der Waals surface area contributed by atoms with Gasteiger partial charge < -0.3 is 30.0 Å². The second-order valence-corrected chi connectivity index (χ2v) is 5.38. The predicted molar refractivity (Wildman–Crippen MR) is 94.6 cm³/mol. The maximum atomic E-state index is 10.4. The van der Waals surface area contributed by atoms with Crippen molar-refractivity contribution in [1.82, 2.24) is 10.6 Å². The first-order valence-corrected chi connectivity index (χ1v) is 7.91. The first-order valence-electron chi connectivity index (χ1n) is 7.50. The zero-order valence-corrected chi connectivity index (χ0v) is 15.0. The fourth-order valence-electron chi connectivity index (χ4n) is 2.21. The minimum atomic E-state index is -0.583. The van der Waals surface area contributed by atoms with Crippen LogP contribution in [0.3, 0.4) is 0 Å². The molecule has 6 nitrogen and oxygen atoms in total. The molecule has 0 aromatic heterocycles. The molecule has 1 aromatic rings. The van der Waals surface area contributed by atoms with E-state index < -0.39 is 6.10 Å². The van der Waals surface area contributed by atoms with Gasteiger partial charge in [0.25, 0.3) is 0 Å². The van der Waals surface area contributed by atoms with Crippen LogP contribution in [0.4, 0.5) is 0 Å². The van der Waals surface area contributed by atoms with Crippen molar-refractivity contribution >= 4 is 17.3 Å². The van der Waals surface area contributed by atoms with Crippen molar-refractivity contribution in [2.45, 2.75) is 25.4 Å². The largest absolute Gasteiger partial charge is 0.493 e. The summed E-state index contributed by atoms with van der Waals surface area (Å²) >= 11 is 5.00. The van der Waals surface area contributed by atoms with E-state index in [0.717, 1.165) is 24.9 Å². The number of hydrogen-bond acceptors (Lipinski definition) is 5. The summed E-state index contributed by atoms with van der Waals surface area (Å²) in [5.74, 6) is 1.61. The third-order valence-corrected chi connectivity index (χ3v) is 3.84. The van der Waals surface area contributed by atoms with Crippen molar-refractivity contribution in [3.8, 4) is 17.2 Å². The van der Waals surface area contributed by atoms with Crippen molar-refractivity contribution in [1.29, 1.82) is 0 Å². The van der Waals surface area contributed by atoms with Crippen LogP contribution in [0.1, 0.15) is 30.9 Å². The van der Waals surface area contributed by atoms with E-state index in [4.69, 9.17) is 26.4 Å². The van der Waals surface area contributed by atoms with Crippen molar-refractivity contribution in [3.05, 3.63) is 17.7 Å². The summed E-state index contributed by atoms with van der Waals surface area (Å²) in [5, 5.41) is 16.9. The van der Waals surface area contributed by atoms with Crippen LogP contribution >= 0.6 is 12.2 Å². The molecular formula is C16H26N2O4S. The fraction of sp³-hybridized carbons (Fsp3) is 0.562. The Morgan fingerprint density at radius 2 is 1.74 bits per heavy atom. The number of unbranched alkanes of at least 4 members (excludes halogenated alkanes) is 1. The molecule has 0 saturated heterocycles. The highest BCUT2D eigenvalue weighted by Crippen LogP contribution is 2.40. The molecule has 23 heavy (non-hydrogen) atoms. The van der Waals surface area contributed by atoms with Gasteiger partial charge in [0.1, 0.15) is 0 Å². The normalized spacial score (nSPS) is 11.5. The molecule has 130 valence electrons. The lowest BCUT2D eigenvalue weighted by Crippen LogP contribution is -2.32. The topological polar surface area (TPSA) is 72.0 Å². The van der Waals surface area contributed by atoms with Crippen LogP contribution in [0.15, 0.2) is 12.1 Å². The number of aliphatic hydroxyl groups is 1. The molecule has 0 amide bonds. The number of rotatable bonds is 9. The van der Waals surface area contributed by atoms with Crippen molar-refractivity contribution in [3.63, 3.8) is 0 Å².